The van der Waals surface area contributed by atoms with Crippen molar-refractivity contribution in [2.75, 3.05) is 32.8 Å². The zero-order valence-electron chi connectivity index (χ0n) is 19.3. The molecule has 0 aliphatic carbocycles. The van der Waals surface area contributed by atoms with Gasteiger partial charge in [-0.15, -0.1) is 0 Å². The summed E-state index contributed by atoms with van der Waals surface area (Å²) in [7, 11) is 0. The van der Waals surface area contributed by atoms with Crippen LogP contribution < -0.4 is 9.47 Å². The molecule has 5 nitrogen and oxygen atoms in total. The van der Waals surface area contributed by atoms with Crippen molar-refractivity contribution in [2.24, 2.45) is 0 Å². The van der Waals surface area contributed by atoms with Crippen LogP contribution in [-0.4, -0.2) is 49.3 Å². The lowest BCUT2D eigenvalue weighted by Crippen LogP contribution is -2.46. The van der Waals surface area contributed by atoms with Gasteiger partial charge in [-0.25, -0.2) is 0 Å². The van der Waals surface area contributed by atoms with Crippen molar-refractivity contribution in [2.45, 2.75) is 83.7 Å². The number of benzene rings is 1. The van der Waals surface area contributed by atoms with E-state index < -0.39 is 5.60 Å². The molecule has 1 saturated heterocycles. The summed E-state index contributed by atoms with van der Waals surface area (Å²) in [5.41, 5.74) is 0.940. The Bertz CT molecular complexity index is 702. The quantitative estimate of drug-likeness (QED) is 0.413. The van der Waals surface area contributed by atoms with Crippen molar-refractivity contribution in [3.63, 3.8) is 0 Å². The number of fused-ring (bicyclic) bond motifs is 2. The van der Waals surface area contributed by atoms with Gasteiger partial charge in [0.25, 0.3) is 0 Å². The van der Waals surface area contributed by atoms with Crippen LogP contribution in [0.25, 0.3) is 0 Å². The summed E-state index contributed by atoms with van der Waals surface area (Å²) >= 11 is 0. The first-order chi connectivity index (χ1) is 14.3. The van der Waals surface area contributed by atoms with Crippen LogP contribution in [0.1, 0.15) is 78.2 Å². The van der Waals surface area contributed by atoms with E-state index in [0.29, 0.717) is 6.54 Å². The Hall–Kier alpha value is -1.75. The summed E-state index contributed by atoms with van der Waals surface area (Å²) in [5, 5.41) is 0. The predicted molar refractivity (Wildman–Crippen MR) is 119 cm³/mol. The van der Waals surface area contributed by atoms with Crippen LogP contribution in [0.4, 0.5) is 0 Å². The molecule has 0 aromatic heterocycles. The summed E-state index contributed by atoms with van der Waals surface area (Å²) < 4.78 is 17.5. The van der Waals surface area contributed by atoms with E-state index >= 15 is 0 Å². The Morgan fingerprint density at radius 1 is 1.13 bits per heavy atom. The van der Waals surface area contributed by atoms with Crippen LogP contribution in [0, 0.1) is 0 Å². The molecule has 5 heteroatoms. The van der Waals surface area contributed by atoms with E-state index in [0.717, 1.165) is 57.1 Å². The van der Waals surface area contributed by atoms with Gasteiger partial charge < -0.3 is 14.2 Å². The molecule has 3 rings (SSSR count). The van der Waals surface area contributed by atoms with Gasteiger partial charge in [-0.2, -0.15) is 0 Å². The minimum Gasteiger partial charge on any atom is -0.493 e. The maximum atomic E-state index is 12.1. The fourth-order valence-electron chi connectivity index (χ4n) is 4.45. The van der Waals surface area contributed by atoms with Gasteiger partial charge >= 0.3 is 5.97 Å². The Morgan fingerprint density at radius 2 is 1.87 bits per heavy atom. The van der Waals surface area contributed by atoms with Crippen LogP contribution in [-0.2, 0) is 14.9 Å². The van der Waals surface area contributed by atoms with Crippen LogP contribution in [0.15, 0.2) is 18.2 Å². The number of likely N-dealkylation sites (tertiary alicyclic amines) is 1. The molecule has 1 spiro atoms. The molecule has 1 aromatic carbocycles. The third-order valence-corrected chi connectivity index (χ3v) is 6.13. The lowest BCUT2D eigenvalue weighted by Gasteiger charge is -2.38. The number of carbonyl (C=O) groups is 1. The van der Waals surface area contributed by atoms with Gasteiger partial charge in [0.05, 0.1) is 19.8 Å². The Labute approximate surface area is 182 Å². The first-order valence-corrected chi connectivity index (χ1v) is 11.7. The van der Waals surface area contributed by atoms with E-state index in [9.17, 15) is 4.79 Å². The van der Waals surface area contributed by atoms with Crippen molar-refractivity contribution in [3.8, 4) is 11.5 Å². The number of hydrogen-bond acceptors (Lipinski definition) is 5. The lowest BCUT2D eigenvalue weighted by atomic mass is 9.74. The van der Waals surface area contributed by atoms with E-state index in [2.05, 4.69) is 30.0 Å². The van der Waals surface area contributed by atoms with E-state index in [1.165, 1.54) is 31.2 Å². The zero-order valence-corrected chi connectivity index (χ0v) is 19.3. The summed E-state index contributed by atoms with van der Waals surface area (Å²) in [4.78, 5) is 14.3. The van der Waals surface area contributed by atoms with Gasteiger partial charge in [0.2, 0.25) is 0 Å². The Balaban J connectivity index is 1.49. The molecule has 2 aliphatic rings. The largest absolute Gasteiger partial charge is 0.493 e. The van der Waals surface area contributed by atoms with Crippen LogP contribution in [0.3, 0.4) is 0 Å². The van der Waals surface area contributed by atoms with Gasteiger partial charge in [-0.05, 0) is 59.2 Å². The monoisotopic (exact) mass is 417 g/mol. The molecule has 0 bridgehead atoms. The molecule has 0 amide bonds. The van der Waals surface area contributed by atoms with E-state index in [-0.39, 0.29) is 11.4 Å². The highest BCUT2D eigenvalue weighted by Crippen LogP contribution is 2.46. The lowest BCUT2D eigenvalue weighted by molar-refractivity contribution is -0.156. The Kier molecular flexibility index (Phi) is 7.67. The minimum atomic E-state index is -0.429. The van der Waals surface area contributed by atoms with E-state index in [1.807, 2.05) is 20.8 Å². The molecule has 1 aromatic rings. The molecule has 0 unspecified atom stereocenters. The second-order valence-corrected chi connectivity index (χ2v) is 9.85. The number of esters is 1. The fraction of sp³-hybridized carbons (Fsp3) is 0.720. The van der Waals surface area contributed by atoms with Crippen LogP contribution >= 0.6 is 0 Å². The van der Waals surface area contributed by atoms with Gasteiger partial charge in [0.1, 0.15) is 17.1 Å². The average Bonchev–Trinajstić information content (AvgIpc) is 3.03. The molecule has 0 radical (unpaired) electrons. The maximum absolute atomic E-state index is 12.1. The summed E-state index contributed by atoms with van der Waals surface area (Å²) in [6, 6.07) is 6.34. The number of unbranched alkanes of at least 4 members (excludes halogenated alkanes) is 4. The normalized spacial score (nSPS) is 18.1. The van der Waals surface area contributed by atoms with Crippen LogP contribution in [0.2, 0.25) is 0 Å². The molecule has 2 aliphatic heterocycles. The molecular formula is C25H39NO4. The zero-order chi connectivity index (χ0) is 21.6. The van der Waals surface area contributed by atoms with Gasteiger partial charge in [0, 0.05) is 17.0 Å². The van der Waals surface area contributed by atoms with Crippen LogP contribution in [0.5, 0.6) is 11.5 Å². The molecule has 2 heterocycles. The third kappa shape index (κ3) is 6.13. The number of piperidine rings is 1. The van der Waals surface area contributed by atoms with Crippen molar-refractivity contribution < 1.29 is 19.0 Å². The van der Waals surface area contributed by atoms with Crippen molar-refractivity contribution in [1.29, 1.82) is 0 Å². The summed E-state index contributed by atoms with van der Waals surface area (Å²) in [6.07, 6.45) is 8.21. The highest BCUT2D eigenvalue weighted by Gasteiger charge is 2.43. The highest BCUT2D eigenvalue weighted by atomic mass is 16.6. The summed E-state index contributed by atoms with van der Waals surface area (Å²) in [5.74, 6) is 1.74. The SMILES string of the molecule is CCCCCCCOc1ccc2c(c1)OCC21CCN(CC(=O)OC(C)(C)C)CC1. The number of hydrogen-bond donors (Lipinski definition) is 0. The fourth-order valence-corrected chi connectivity index (χ4v) is 4.45. The maximum Gasteiger partial charge on any atom is 0.320 e. The molecular weight excluding hydrogens is 378 g/mol. The van der Waals surface area contributed by atoms with E-state index in [1.54, 1.807) is 0 Å². The van der Waals surface area contributed by atoms with E-state index in [4.69, 9.17) is 14.2 Å². The predicted octanol–water partition coefficient (Wildman–Crippen LogP) is 5.10. The second-order valence-electron chi connectivity index (χ2n) is 9.85. The standard InChI is InChI=1S/C25H39NO4/c1-5-6-7-8-9-16-28-20-10-11-21-22(17-20)29-19-25(21)12-14-26(15-13-25)18-23(27)30-24(2,3)4/h10-11,17H,5-9,12-16,18-19H2,1-4H3. The third-order valence-electron chi connectivity index (χ3n) is 6.13. The van der Waals surface area contributed by atoms with Crippen molar-refractivity contribution in [3.05, 3.63) is 23.8 Å². The smallest absolute Gasteiger partial charge is 0.320 e. The van der Waals surface area contributed by atoms with Gasteiger partial charge in [-0.3, -0.25) is 9.69 Å². The molecule has 168 valence electrons. The molecule has 0 N–H and O–H groups in total. The van der Waals surface area contributed by atoms with Crippen molar-refractivity contribution in [1.82, 2.24) is 4.90 Å². The second kappa shape index (κ2) is 10.0. The number of carbonyl (C=O) groups excluding carboxylic acids is 1. The molecule has 1 fully saturated rings. The number of nitrogens with zero attached hydrogens (tertiary/aromatic N) is 1. The molecule has 0 saturated carbocycles. The Morgan fingerprint density at radius 3 is 2.57 bits per heavy atom. The topological polar surface area (TPSA) is 48.0 Å². The average molecular weight is 418 g/mol. The van der Waals surface area contributed by atoms with Gasteiger partial charge in [0.15, 0.2) is 0 Å². The minimum absolute atomic E-state index is 0.0679. The first-order valence-electron chi connectivity index (χ1n) is 11.7. The number of ether oxygens (including phenoxy) is 3. The number of rotatable bonds is 9. The summed E-state index contributed by atoms with van der Waals surface area (Å²) in [6.45, 7) is 11.6. The first kappa shape index (κ1) is 22.9. The molecule has 0 atom stereocenters. The van der Waals surface area contributed by atoms with Crippen molar-refractivity contribution >= 4 is 5.97 Å². The molecule has 30 heavy (non-hydrogen) atoms. The highest BCUT2D eigenvalue weighted by molar-refractivity contribution is 5.72. The van der Waals surface area contributed by atoms with Gasteiger partial charge in [-0.1, -0.05) is 38.7 Å².